The molecule has 1 rings (SSSR count). The Hall–Kier alpha value is -0.820. The summed E-state index contributed by atoms with van der Waals surface area (Å²) in [6.07, 6.45) is 0. The summed E-state index contributed by atoms with van der Waals surface area (Å²) in [6, 6.07) is 7.15. The number of hydrogen-bond acceptors (Lipinski definition) is 1. The average molecular weight is 247 g/mol. The molecule has 2 atom stereocenters. The Labute approximate surface area is 113 Å². The van der Waals surface area contributed by atoms with Crippen LogP contribution in [0.25, 0.3) is 0 Å². The lowest BCUT2D eigenvalue weighted by atomic mass is 9.82. The Balaban J connectivity index is 2.63. The summed E-state index contributed by atoms with van der Waals surface area (Å²) in [5.74, 6) is 0.672. The molecule has 0 aromatic heterocycles. The van der Waals surface area contributed by atoms with Crippen molar-refractivity contribution in [2.45, 2.75) is 54.5 Å². The van der Waals surface area contributed by atoms with Gasteiger partial charge in [0.25, 0.3) is 0 Å². The van der Waals surface area contributed by atoms with Crippen LogP contribution in [0.4, 0.5) is 0 Å². The van der Waals surface area contributed by atoms with Crippen molar-refractivity contribution in [1.29, 1.82) is 0 Å². The topological polar surface area (TPSA) is 12.0 Å². The molecule has 0 saturated heterocycles. The molecule has 0 aliphatic carbocycles. The second-order valence-corrected chi connectivity index (χ2v) is 6.76. The molecule has 0 spiro atoms. The average Bonchev–Trinajstić information content (AvgIpc) is 2.24. The van der Waals surface area contributed by atoms with Gasteiger partial charge in [-0.15, -0.1) is 0 Å². The molecule has 1 heteroatoms. The highest BCUT2D eigenvalue weighted by atomic mass is 14.9. The lowest BCUT2D eigenvalue weighted by molar-refractivity contribution is 0.247. The van der Waals surface area contributed by atoms with Crippen molar-refractivity contribution in [3.8, 4) is 0 Å². The highest BCUT2D eigenvalue weighted by Crippen LogP contribution is 2.26. The van der Waals surface area contributed by atoms with Gasteiger partial charge in [-0.2, -0.15) is 0 Å². The predicted octanol–water partition coefficient (Wildman–Crippen LogP) is 4.64. The molecule has 1 nitrogen and oxygen atoms in total. The highest BCUT2D eigenvalue weighted by molar-refractivity contribution is 5.32. The zero-order chi connectivity index (χ0) is 13.9. The van der Waals surface area contributed by atoms with Gasteiger partial charge < -0.3 is 5.32 Å². The summed E-state index contributed by atoms with van der Waals surface area (Å²) >= 11 is 0. The lowest BCUT2D eigenvalue weighted by Gasteiger charge is -2.29. The number of hydrogen-bond donors (Lipinski definition) is 1. The van der Waals surface area contributed by atoms with Crippen LogP contribution in [0.5, 0.6) is 0 Å². The Morgan fingerprint density at radius 1 is 1.11 bits per heavy atom. The van der Waals surface area contributed by atoms with Crippen molar-refractivity contribution < 1.29 is 0 Å². The van der Waals surface area contributed by atoms with Crippen molar-refractivity contribution in [3.05, 3.63) is 34.9 Å². The van der Waals surface area contributed by atoms with Gasteiger partial charge in [0.15, 0.2) is 0 Å². The molecule has 0 heterocycles. The third-order valence-corrected chi connectivity index (χ3v) is 4.10. The minimum absolute atomic E-state index is 0.370. The van der Waals surface area contributed by atoms with E-state index in [0.717, 1.165) is 6.54 Å². The van der Waals surface area contributed by atoms with E-state index in [-0.39, 0.29) is 0 Å². The van der Waals surface area contributed by atoms with Crippen molar-refractivity contribution in [2.75, 3.05) is 6.54 Å². The summed E-state index contributed by atoms with van der Waals surface area (Å²) in [5, 5.41) is 3.67. The molecule has 2 unspecified atom stereocenters. The van der Waals surface area contributed by atoms with E-state index in [4.69, 9.17) is 0 Å². The molecule has 102 valence electrons. The van der Waals surface area contributed by atoms with Gasteiger partial charge in [0.05, 0.1) is 0 Å². The fraction of sp³-hybridized carbons (Fsp3) is 0.647. The second kappa shape index (κ2) is 5.88. The Morgan fingerprint density at radius 2 is 1.72 bits per heavy atom. The van der Waals surface area contributed by atoms with Crippen LogP contribution in [0.2, 0.25) is 0 Å². The number of aryl methyl sites for hydroxylation is 2. The molecular weight excluding hydrogens is 218 g/mol. The third-order valence-electron chi connectivity index (χ3n) is 4.10. The van der Waals surface area contributed by atoms with Gasteiger partial charge in [0.2, 0.25) is 0 Å². The van der Waals surface area contributed by atoms with Crippen LogP contribution in [0, 0.1) is 25.2 Å². The van der Waals surface area contributed by atoms with Gasteiger partial charge in [-0.25, -0.2) is 0 Å². The van der Waals surface area contributed by atoms with Crippen LogP contribution < -0.4 is 5.32 Å². The zero-order valence-electron chi connectivity index (χ0n) is 13.1. The lowest BCUT2D eigenvalue weighted by Crippen LogP contribution is -2.31. The predicted molar refractivity (Wildman–Crippen MR) is 81.0 cm³/mol. The quantitative estimate of drug-likeness (QED) is 0.817. The van der Waals surface area contributed by atoms with Crippen molar-refractivity contribution in [2.24, 2.45) is 11.3 Å². The number of nitrogens with one attached hydrogen (secondary N) is 1. The molecule has 1 aromatic carbocycles. The maximum absolute atomic E-state index is 3.67. The standard InChI is InChI=1S/C17H29N/c1-12-8-9-16(13(2)10-12)15(4)18-11-14(3)17(5,6)7/h8-10,14-15,18H,11H2,1-7H3. The van der Waals surface area contributed by atoms with Gasteiger partial charge in [0, 0.05) is 6.04 Å². The number of benzene rings is 1. The van der Waals surface area contributed by atoms with E-state index >= 15 is 0 Å². The SMILES string of the molecule is Cc1ccc(C(C)NCC(C)C(C)(C)C)c(C)c1. The summed E-state index contributed by atoms with van der Waals surface area (Å²) in [5.41, 5.74) is 4.52. The van der Waals surface area contributed by atoms with Crippen LogP contribution in [0.1, 0.15) is 57.4 Å². The smallest absolute Gasteiger partial charge is 0.0294 e. The van der Waals surface area contributed by atoms with Crippen molar-refractivity contribution in [3.63, 3.8) is 0 Å². The maximum atomic E-state index is 3.67. The van der Waals surface area contributed by atoms with Crippen LogP contribution in [-0.4, -0.2) is 6.54 Å². The summed E-state index contributed by atoms with van der Waals surface area (Å²) < 4.78 is 0. The zero-order valence-corrected chi connectivity index (χ0v) is 13.1. The largest absolute Gasteiger partial charge is 0.310 e. The van der Waals surface area contributed by atoms with Gasteiger partial charge >= 0.3 is 0 Å². The van der Waals surface area contributed by atoms with Gasteiger partial charge in [-0.1, -0.05) is 51.5 Å². The molecule has 18 heavy (non-hydrogen) atoms. The van der Waals surface area contributed by atoms with Crippen LogP contribution in [0.15, 0.2) is 18.2 Å². The van der Waals surface area contributed by atoms with Gasteiger partial charge in [0.1, 0.15) is 0 Å². The molecule has 1 N–H and O–H groups in total. The normalized spacial score (nSPS) is 15.5. The molecule has 1 aromatic rings. The van der Waals surface area contributed by atoms with Crippen LogP contribution in [-0.2, 0) is 0 Å². The van der Waals surface area contributed by atoms with Gasteiger partial charge in [-0.3, -0.25) is 0 Å². The van der Waals surface area contributed by atoms with Crippen molar-refractivity contribution in [1.82, 2.24) is 5.32 Å². The first-order valence-electron chi connectivity index (χ1n) is 7.02. The first kappa shape index (κ1) is 15.2. The maximum Gasteiger partial charge on any atom is 0.0294 e. The fourth-order valence-electron chi connectivity index (χ4n) is 2.08. The van der Waals surface area contributed by atoms with E-state index in [1.54, 1.807) is 0 Å². The first-order valence-corrected chi connectivity index (χ1v) is 7.02. The van der Waals surface area contributed by atoms with E-state index in [1.807, 2.05) is 0 Å². The molecule has 0 saturated carbocycles. The van der Waals surface area contributed by atoms with E-state index in [2.05, 4.69) is 72.0 Å². The summed E-state index contributed by atoms with van der Waals surface area (Å²) in [7, 11) is 0. The fourth-order valence-corrected chi connectivity index (χ4v) is 2.08. The Morgan fingerprint density at radius 3 is 2.22 bits per heavy atom. The first-order chi connectivity index (χ1) is 8.21. The summed E-state index contributed by atoms with van der Waals surface area (Å²) in [6.45, 7) is 16.9. The second-order valence-electron chi connectivity index (χ2n) is 6.76. The monoisotopic (exact) mass is 247 g/mol. The third kappa shape index (κ3) is 4.13. The van der Waals surface area contributed by atoms with Crippen LogP contribution >= 0.6 is 0 Å². The molecule has 0 aliphatic rings. The van der Waals surface area contributed by atoms with E-state index in [9.17, 15) is 0 Å². The molecule has 0 aliphatic heterocycles. The summed E-state index contributed by atoms with van der Waals surface area (Å²) in [4.78, 5) is 0. The van der Waals surface area contributed by atoms with Crippen LogP contribution in [0.3, 0.4) is 0 Å². The van der Waals surface area contributed by atoms with E-state index < -0.39 is 0 Å². The molecule has 0 amide bonds. The van der Waals surface area contributed by atoms with E-state index in [0.29, 0.717) is 17.4 Å². The van der Waals surface area contributed by atoms with Gasteiger partial charge in [-0.05, 0) is 49.8 Å². The highest BCUT2D eigenvalue weighted by Gasteiger charge is 2.20. The Bertz CT molecular complexity index is 387. The molecule has 0 bridgehead atoms. The minimum Gasteiger partial charge on any atom is -0.310 e. The molecule has 0 fully saturated rings. The Kier molecular flexibility index (Phi) is 4.98. The van der Waals surface area contributed by atoms with Crippen molar-refractivity contribution >= 4 is 0 Å². The molecule has 0 radical (unpaired) electrons. The van der Waals surface area contributed by atoms with E-state index in [1.165, 1.54) is 16.7 Å². The molecular formula is C17H29N. The number of rotatable bonds is 4. The minimum atomic E-state index is 0.370.